The van der Waals surface area contributed by atoms with Crippen LogP contribution in [0.4, 0.5) is 17.1 Å². The maximum Gasteiger partial charge on any atom is 0.137 e. The Morgan fingerprint density at radius 1 is 0.500 bits per heavy atom. The molecule has 1 aliphatic carbocycles. The van der Waals surface area contributed by atoms with E-state index in [0.717, 1.165) is 52.0 Å². The third kappa shape index (κ3) is 5.19. The third-order valence-electron chi connectivity index (χ3n) is 11.8. The fourth-order valence-corrected chi connectivity index (χ4v) is 10.4. The van der Waals surface area contributed by atoms with Gasteiger partial charge in [0.15, 0.2) is 0 Å². The molecule has 0 aliphatic heterocycles. The topological polar surface area (TPSA) is 21.3 Å². The minimum Gasteiger partial charge on any atom is -0.456 e. The minimum atomic E-state index is 0.916. The highest BCUT2D eigenvalue weighted by Gasteiger charge is 2.21. The van der Waals surface area contributed by atoms with E-state index >= 15 is 0 Å². The summed E-state index contributed by atoms with van der Waals surface area (Å²) in [4.78, 5) is 2.37. The molecular formula is C54H36N2OS. The van der Waals surface area contributed by atoms with Crippen LogP contribution in [0.1, 0.15) is 12.8 Å². The Balaban J connectivity index is 1.07. The van der Waals surface area contributed by atoms with Crippen LogP contribution in [-0.4, -0.2) is 4.57 Å². The molecule has 0 N–H and O–H groups in total. The van der Waals surface area contributed by atoms with Crippen LogP contribution in [-0.2, 0) is 0 Å². The molecule has 4 heteroatoms. The van der Waals surface area contributed by atoms with Gasteiger partial charge in [-0.05, 0) is 102 Å². The summed E-state index contributed by atoms with van der Waals surface area (Å²) in [6.07, 6.45) is 6.58. The molecule has 0 fully saturated rings. The maximum atomic E-state index is 6.41. The highest BCUT2D eigenvalue weighted by molar-refractivity contribution is 7.26. The second-order valence-corrected chi connectivity index (χ2v) is 16.2. The number of para-hydroxylation sites is 2. The fourth-order valence-electron chi connectivity index (χ4n) is 9.16. The van der Waals surface area contributed by atoms with Crippen molar-refractivity contribution in [2.24, 2.45) is 0 Å². The highest BCUT2D eigenvalue weighted by Crippen LogP contribution is 2.45. The molecule has 3 heterocycles. The second kappa shape index (κ2) is 13.2. The Morgan fingerprint density at radius 3 is 2.07 bits per heavy atom. The molecule has 0 radical (unpaired) electrons. The smallest absolute Gasteiger partial charge is 0.137 e. The van der Waals surface area contributed by atoms with Crippen molar-refractivity contribution in [2.45, 2.75) is 12.8 Å². The summed E-state index contributed by atoms with van der Waals surface area (Å²) in [7, 11) is 0. The molecule has 58 heavy (non-hydrogen) atoms. The SMILES string of the molecule is C1=c2oc3cccc(N(c4ccccc4)c4ccc(-c5cc(-n6c7ccccc7c7ccc(-c8ccccc8)cc76)cc6c5sc5ccccc56)cc4)c3c2=CCC1. The van der Waals surface area contributed by atoms with Crippen molar-refractivity contribution in [3.05, 3.63) is 193 Å². The van der Waals surface area contributed by atoms with Crippen molar-refractivity contribution in [1.29, 1.82) is 0 Å². The van der Waals surface area contributed by atoms with Gasteiger partial charge in [0.25, 0.3) is 0 Å². The van der Waals surface area contributed by atoms with Crippen molar-refractivity contribution >= 4 is 93.5 Å². The molecule has 1 aliphatic rings. The van der Waals surface area contributed by atoms with Crippen molar-refractivity contribution in [3.63, 3.8) is 0 Å². The molecule has 11 aromatic rings. The van der Waals surface area contributed by atoms with Crippen LogP contribution >= 0.6 is 11.3 Å². The molecule has 0 unspecified atom stereocenters. The van der Waals surface area contributed by atoms with E-state index in [1.54, 1.807) is 0 Å². The molecule has 0 amide bonds. The number of benzene rings is 8. The van der Waals surface area contributed by atoms with E-state index in [2.05, 4.69) is 204 Å². The summed E-state index contributed by atoms with van der Waals surface area (Å²) >= 11 is 1.88. The maximum absolute atomic E-state index is 6.41. The average Bonchev–Trinajstić information content (AvgIpc) is 3.97. The normalized spacial score (nSPS) is 12.6. The van der Waals surface area contributed by atoms with Crippen molar-refractivity contribution in [2.75, 3.05) is 4.90 Å². The van der Waals surface area contributed by atoms with Crippen molar-refractivity contribution in [3.8, 4) is 27.9 Å². The number of aromatic nitrogens is 1. The van der Waals surface area contributed by atoms with Crippen LogP contribution in [0.3, 0.4) is 0 Å². The first-order valence-electron chi connectivity index (χ1n) is 20.0. The first-order chi connectivity index (χ1) is 28.8. The summed E-state index contributed by atoms with van der Waals surface area (Å²) in [5, 5.41) is 7.42. The molecule has 0 bridgehead atoms. The molecule has 3 aromatic heterocycles. The number of rotatable bonds is 6. The lowest BCUT2D eigenvalue weighted by Gasteiger charge is -2.26. The highest BCUT2D eigenvalue weighted by atomic mass is 32.1. The lowest BCUT2D eigenvalue weighted by molar-refractivity contribution is 0.572. The van der Waals surface area contributed by atoms with Gasteiger partial charge >= 0.3 is 0 Å². The van der Waals surface area contributed by atoms with E-state index in [1.165, 1.54) is 69.5 Å². The van der Waals surface area contributed by atoms with Crippen molar-refractivity contribution < 1.29 is 4.42 Å². The van der Waals surface area contributed by atoms with Gasteiger partial charge in [-0.1, -0.05) is 121 Å². The lowest BCUT2D eigenvalue weighted by atomic mass is 10.0. The van der Waals surface area contributed by atoms with Gasteiger partial charge in [-0.25, -0.2) is 0 Å². The van der Waals surface area contributed by atoms with Gasteiger partial charge in [0.05, 0.1) is 22.1 Å². The van der Waals surface area contributed by atoms with Gasteiger partial charge in [0, 0.05) is 58.8 Å². The van der Waals surface area contributed by atoms with Crippen LogP contribution in [0.25, 0.3) is 93.0 Å². The zero-order valence-electron chi connectivity index (χ0n) is 31.6. The standard InChI is InChI=1S/C54H36N2OS/c1-3-14-35(15-4-1)37-28-31-42-41-18-7-10-21-47(41)56(49(42)32-37)40-33-45(54-46(34-40)43-19-9-12-25-52(43)58-54)36-26-29-39(30-27-36)55(38-16-5-2-6-17-38)48-22-13-24-51-53(48)44-20-8-11-23-50(44)57-51/h1-7,9-10,12-34H,8,11H2. The fraction of sp³-hybridized carbons (Fsp3) is 0.0370. The zero-order chi connectivity index (χ0) is 38.2. The Labute approximate surface area is 339 Å². The first-order valence-corrected chi connectivity index (χ1v) is 20.8. The van der Waals surface area contributed by atoms with Gasteiger partial charge in [-0.15, -0.1) is 11.3 Å². The first kappa shape index (κ1) is 33.0. The second-order valence-electron chi connectivity index (χ2n) is 15.2. The summed E-state index contributed by atoms with van der Waals surface area (Å²) in [6.45, 7) is 0. The van der Waals surface area contributed by atoms with Gasteiger partial charge in [0.1, 0.15) is 11.0 Å². The predicted molar refractivity (Wildman–Crippen MR) is 246 cm³/mol. The average molecular weight is 761 g/mol. The third-order valence-corrected chi connectivity index (χ3v) is 13.0. The van der Waals surface area contributed by atoms with Crippen molar-refractivity contribution in [1.82, 2.24) is 4.57 Å². The Kier molecular flexibility index (Phi) is 7.54. The molecule has 0 saturated heterocycles. The molecule has 12 rings (SSSR count). The van der Waals surface area contributed by atoms with Gasteiger partial charge in [-0.2, -0.15) is 0 Å². The number of hydrogen-bond donors (Lipinski definition) is 0. The molecule has 8 aromatic carbocycles. The summed E-state index contributed by atoms with van der Waals surface area (Å²) in [5.74, 6) is 0. The number of thiophene rings is 1. The van der Waals surface area contributed by atoms with Crippen LogP contribution < -0.4 is 15.5 Å². The number of anilines is 3. The monoisotopic (exact) mass is 760 g/mol. The van der Waals surface area contributed by atoms with Crippen LogP contribution in [0.15, 0.2) is 186 Å². The number of furan rings is 1. The predicted octanol–water partition coefficient (Wildman–Crippen LogP) is 14.1. The Bertz CT molecular complexity index is 3500. The lowest BCUT2D eigenvalue weighted by Crippen LogP contribution is -2.23. The summed E-state index contributed by atoms with van der Waals surface area (Å²) in [6, 6.07) is 66.4. The van der Waals surface area contributed by atoms with E-state index < -0.39 is 0 Å². The van der Waals surface area contributed by atoms with E-state index in [-0.39, 0.29) is 0 Å². The van der Waals surface area contributed by atoms with E-state index in [9.17, 15) is 0 Å². The van der Waals surface area contributed by atoms with Gasteiger partial charge in [-0.3, -0.25) is 0 Å². The molecule has 274 valence electrons. The Morgan fingerprint density at radius 2 is 1.21 bits per heavy atom. The van der Waals surface area contributed by atoms with E-state index in [0.29, 0.717) is 0 Å². The molecule has 0 spiro atoms. The van der Waals surface area contributed by atoms with E-state index in [1.807, 2.05) is 11.3 Å². The van der Waals surface area contributed by atoms with E-state index in [4.69, 9.17) is 4.42 Å². The van der Waals surface area contributed by atoms with Crippen LogP contribution in [0.5, 0.6) is 0 Å². The summed E-state index contributed by atoms with van der Waals surface area (Å²) < 4.78 is 11.5. The molecule has 0 saturated carbocycles. The minimum absolute atomic E-state index is 0.916. The molecular weight excluding hydrogens is 725 g/mol. The van der Waals surface area contributed by atoms with Gasteiger partial charge in [0.2, 0.25) is 0 Å². The molecule has 3 nitrogen and oxygen atoms in total. The molecule has 0 atom stereocenters. The van der Waals surface area contributed by atoms with Gasteiger partial charge < -0.3 is 13.9 Å². The quantitative estimate of drug-likeness (QED) is 0.168. The van der Waals surface area contributed by atoms with Crippen LogP contribution in [0.2, 0.25) is 0 Å². The number of nitrogens with zero attached hydrogens (tertiary/aromatic N) is 2. The largest absolute Gasteiger partial charge is 0.456 e. The zero-order valence-corrected chi connectivity index (χ0v) is 32.4. The Hall–Kier alpha value is -7.14. The summed E-state index contributed by atoms with van der Waals surface area (Å²) in [5.41, 5.74) is 13.6. The van der Waals surface area contributed by atoms with Crippen LogP contribution in [0, 0.1) is 0 Å². The number of fused-ring (bicyclic) bond motifs is 9. The number of hydrogen-bond acceptors (Lipinski definition) is 3.